The van der Waals surface area contributed by atoms with E-state index in [1.54, 1.807) is 11.3 Å². The van der Waals surface area contributed by atoms with Gasteiger partial charge in [-0.1, -0.05) is 18.2 Å². The zero-order chi connectivity index (χ0) is 16.5. The van der Waals surface area contributed by atoms with E-state index < -0.39 is 0 Å². The number of nitrogens with zero attached hydrogens (tertiary/aromatic N) is 3. The fourth-order valence-corrected chi connectivity index (χ4v) is 4.07. The summed E-state index contributed by atoms with van der Waals surface area (Å²) < 4.78 is 1.28. The first kappa shape index (κ1) is 15.6. The molecule has 2 aromatic carbocycles. The molecular weight excluding hydrogens is 314 g/mol. The maximum absolute atomic E-state index is 4.37. The predicted molar refractivity (Wildman–Crippen MR) is 103 cm³/mol. The molecular formula is C20H23N3S. The Kier molecular flexibility index (Phi) is 4.25. The molecule has 0 aliphatic carbocycles. The zero-order valence-electron chi connectivity index (χ0n) is 14.3. The molecule has 1 aliphatic heterocycles. The van der Waals surface area contributed by atoms with E-state index in [1.807, 2.05) is 5.51 Å². The minimum atomic E-state index is 1.06. The van der Waals surface area contributed by atoms with Crippen LogP contribution in [0.2, 0.25) is 0 Å². The van der Waals surface area contributed by atoms with Crippen molar-refractivity contribution in [3.8, 4) is 0 Å². The van der Waals surface area contributed by atoms with Crippen molar-refractivity contribution in [2.75, 3.05) is 31.1 Å². The van der Waals surface area contributed by atoms with Crippen LogP contribution in [-0.4, -0.2) is 36.1 Å². The van der Waals surface area contributed by atoms with Crippen LogP contribution in [0, 0.1) is 13.8 Å². The topological polar surface area (TPSA) is 19.4 Å². The fraction of sp³-hybridized carbons (Fsp3) is 0.350. The van der Waals surface area contributed by atoms with Gasteiger partial charge in [0.1, 0.15) is 0 Å². The molecule has 3 aromatic rings. The Hall–Kier alpha value is -1.91. The molecule has 1 fully saturated rings. The van der Waals surface area contributed by atoms with Crippen LogP contribution in [0.5, 0.6) is 0 Å². The molecule has 0 radical (unpaired) electrons. The van der Waals surface area contributed by atoms with E-state index in [1.165, 1.54) is 27.1 Å². The molecule has 1 aromatic heterocycles. The molecule has 4 rings (SSSR count). The molecule has 1 aliphatic rings. The van der Waals surface area contributed by atoms with Gasteiger partial charge in [0.25, 0.3) is 0 Å². The number of anilines is 1. The SMILES string of the molecule is Cc1ccc(CN2CCN(c3ccc4ncsc4c3)CC2)cc1C. The van der Waals surface area contributed by atoms with Crippen LogP contribution in [-0.2, 0) is 6.54 Å². The van der Waals surface area contributed by atoms with Crippen molar-refractivity contribution in [2.24, 2.45) is 0 Å². The highest BCUT2D eigenvalue weighted by molar-refractivity contribution is 7.16. The Morgan fingerprint density at radius 2 is 1.79 bits per heavy atom. The van der Waals surface area contributed by atoms with E-state index in [9.17, 15) is 0 Å². The quantitative estimate of drug-likeness (QED) is 0.713. The van der Waals surface area contributed by atoms with Gasteiger partial charge in [0.05, 0.1) is 15.7 Å². The summed E-state index contributed by atoms with van der Waals surface area (Å²) in [6.45, 7) is 9.86. The average Bonchev–Trinajstić information content (AvgIpc) is 3.06. The highest BCUT2D eigenvalue weighted by atomic mass is 32.1. The van der Waals surface area contributed by atoms with Gasteiger partial charge in [0.15, 0.2) is 0 Å². The summed E-state index contributed by atoms with van der Waals surface area (Å²) in [6, 6.07) is 13.5. The third kappa shape index (κ3) is 3.17. The lowest BCUT2D eigenvalue weighted by molar-refractivity contribution is 0.250. The first-order chi connectivity index (χ1) is 11.7. The van der Waals surface area contributed by atoms with Crippen LogP contribution in [0.1, 0.15) is 16.7 Å². The number of hydrogen-bond acceptors (Lipinski definition) is 4. The molecule has 2 heterocycles. The summed E-state index contributed by atoms with van der Waals surface area (Å²) in [6.07, 6.45) is 0. The number of benzene rings is 2. The Labute approximate surface area is 147 Å². The highest BCUT2D eigenvalue weighted by Gasteiger charge is 2.18. The molecule has 0 amide bonds. The van der Waals surface area contributed by atoms with Crippen molar-refractivity contribution in [3.05, 3.63) is 58.6 Å². The molecule has 0 atom stereocenters. The monoisotopic (exact) mass is 337 g/mol. The smallest absolute Gasteiger partial charge is 0.0813 e. The summed E-state index contributed by atoms with van der Waals surface area (Å²) in [7, 11) is 0. The first-order valence-corrected chi connectivity index (χ1v) is 9.44. The normalized spacial score (nSPS) is 16.0. The number of fused-ring (bicyclic) bond motifs is 1. The lowest BCUT2D eigenvalue weighted by Crippen LogP contribution is -2.45. The summed E-state index contributed by atoms with van der Waals surface area (Å²) in [5.41, 5.74) is 8.56. The van der Waals surface area contributed by atoms with E-state index in [4.69, 9.17) is 0 Å². The van der Waals surface area contributed by atoms with E-state index in [0.29, 0.717) is 0 Å². The van der Waals surface area contributed by atoms with Crippen LogP contribution >= 0.6 is 11.3 Å². The number of hydrogen-bond donors (Lipinski definition) is 0. The van der Waals surface area contributed by atoms with Gasteiger partial charge < -0.3 is 4.90 Å². The van der Waals surface area contributed by atoms with Gasteiger partial charge in [-0.2, -0.15) is 0 Å². The second-order valence-corrected chi connectivity index (χ2v) is 7.57. The Balaban J connectivity index is 1.39. The number of thiazole rings is 1. The van der Waals surface area contributed by atoms with Gasteiger partial charge in [-0.15, -0.1) is 11.3 Å². The van der Waals surface area contributed by atoms with E-state index in [0.717, 1.165) is 38.2 Å². The molecule has 0 bridgehead atoms. The third-order valence-corrected chi connectivity index (χ3v) is 5.82. The van der Waals surface area contributed by atoms with Crippen molar-refractivity contribution in [2.45, 2.75) is 20.4 Å². The molecule has 24 heavy (non-hydrogen) atoms. The van der Waals surface area contributed by atoms with Gasteiger partial charge >= 0.3 is 0 Å². The van der Waals surface area contributed by atoms with Crippen molar-refractivity contribution < 1.29 is 0 Å². The molecule has 0 saturated carbocycles. The van der Waals surface area contributed by atoms with Crippen LogP contribution in [0.25, 0.3) is 10.2 Å². The summed E-state index contributed by atoms with van der Waals surface area (Å²) >= 11 is 1.72. The second kappa shape index (κ2) is 6.54. The first-order valence-electron chi connectivity index (χ1n) is 8.56. The molecule has 0 spiro atoms. The van der Waals surface area contributed by atoms with Crippen LogP contribution in [0.15, 0.2) is 41.9 Å². The van der Waals surface area contributed by atoms with Crippen LogP contribution in [0.3, 0.4) is 0 Å². The van der Waals surface area contributed by atoms with Gasteiger partial charge in [-0.25, -0.2) is 4.98 Å². The zero-order valence-corrected chi connectivity index (χ0v) is 15.1. The Bertz CT molecular complexity index is 847. The number of aromatic nitrogens is 1. The molecule has 4 heteroatoms. The summed E-state index contributed by atoms with van der Waals surface area (Å²) in [5, 5.41) is 0. The van der Waals surface area contributed by atoms with Crippen molar-refractivity contribution in [1.29, 1.82) is 0 Å². The number of rotatable bonds is 3. The van der Waals surface area contributed by atoms with Gasteiger partial charge in [0, 0.05) is 38.4 Å². The van der Waals surface area contributed by atoms with Crippen LogP contribution < -0.4 is 4.90 Å². The van der Waals surface area contributed by atoms with Crippen molar-refractivity contribution >= 4 is 27.2 Å². The predicted octanol–water partition coefficient (Wildman–Crippen LogP) is 4.24. The van der Waals surface area contributed by atoms with E-state index in [2.05, 4.69) is 65.0 Å². The fourth-order valence-electron chi connectivity index (χ4n) is 3.36. The molecule has 3 nitrogen and oxygen atoms in total. The molecule has 124 valence electrons. The minimum absolute atomic E-state index is 1.06. The maximum atomic E-state index is 4.37. The number of aryl methyl sites for hydroxylation is 2. The van der Waals surface area contributed by atoms with E-state index >= 15 is 0 Å². The minimum Gasteiger partial charge on any atom is -0.369 e. The summed E-state index contributed by atoms with van der Waals surface area (Å²) in [5.74, 6) is 0. The molecule has 1 saturated heterocycles. The third-order valence-electron chi connectivity index (χ3n) is 5.03. The Morgan fingerprint density at radius 1 is 0.958 bits per heavy atom. The van der Waals surface area contributed by atoms with E-state index in [-0.39, 0.29) is 0 Å². The van der Waals surface area contributed by atoms with Crippen molar-refractivity contribution in [3.63, 3.8) is 0 Å². The van der Waals surface area contributed by atoms with Crippen molar-refractivity contribution in [1.82, 2.24) is 9.88 Å². The standard InChI is InChI=1S/C20H23N3S/c1-15-3-4-17(11-16(15)2)13-22-7-9-23(10-8-22)18-5-6-19-20(12-18)24-14-21-19/h3-6,11-12,14H,7-10,13H2,1-2H3. The second-order valence-electron chi connectivity index (χ2n) is 6.69. The lowest BCUT2D eigenvalue weighted by Gasteiger charge is -2.36. The van der Waals surface area contributed by atoms with Gasteiger partial charge in [0.2, 0.25) is 0 Å². The molecule has 0 N–H and O–H groups in total. The van der Waals surface area contributed by atoms with Gasteiger partial charge in [-0.3, -0.25) is 4.90 Å². The lowest BCUT2D eigenvalue weighted by atomic mass is 10.1. The maximum Gasteiger partial charge on any atom is 0.0813 e. The molecule has 0 unspecified atom stereocenters. The largest absolute Gasteiger partial charge is 0.369 e. The average molecular weight is 337 g/mol. The highest BCUT2D eigenvalue weighted by Crippen LogP contribution is 2.25. The van der Waals surface area contributed by atoms with Crippen LogP contribution in [0.4, 0.5) is 5.69 Å². The van der Waals surface area contributed by atoms with Gasteiger partial charge in [-0.05, 0) is 48.7 Å². The Morgan fingerprint density at radius 3 is 2.58 bits per heavy atom. The summed E-state index contributed by atoms with van der Waals surface area (Å²) in [4.78, 5) is 9.43. The number of piperazine rings is 1.